The second kappa shape index (κ2) is 6.23. The van der Waals surface area contributed by atoms with Crippen LogP contribution in [0.15, 0.2) is 0 Å². The Balaban J connectivity index is 4.03. The molecule has 5 nitrogen and oxygen atoms in total. The Labute approximate surface area is 88.9 Å². The molecule has 6 heteroatoms. The number of hydrogen-bond acceptors (Lipinski definition) is 5. The van der Waals surface area contributed by atoms with Gasteiger partial charge in [0.15, 0.2) is 0 Å². The number of nitrogens with one attached hydrogen (secondary N) is 1. The summed E-state index contributed by atoms with van der Waals surface area (Å²) in [6.45, 7) is 4.15. The quantitative estimate of drug-likeness (QED) is 0.318. The van der Waals surface area contributed by atoms with Crippen LogP contribution in [-0.2, 0) is 9.53 Å². The number of methoxy groups -OCH3 is 1. The summed E-state index contributed by atoms with van der Waals surface area (Å²) in [5, 5.41) is -0.298. The highest BCUT2D eigenvalue weighted by molar-refractivity contribution is 8.00. The molecule has 0 fully saturated rings. The first-order valence-corrected chi connectivity index (χ1v) is 5.35. The second-order valence-corrected chi connectivity index (χ2v) is 4.94. The van der Waals surface area contributed by atoms with E-state index in [2.05, 4.69) is 5.43 Å². The van der Waals surface area contributed by atoms with E-state index < -0.39 is 0 Å². The van der Waals surface area contributed by atoms with Crippen LogP contribution < -0.4 is 17.0 Å². The van der Waals surface area contributed by atoms with Gasteiger partial charge in [0.2, 0.25) is 5.91 Å². The number of hydrazine groups is 1. The lowest BCUT2D eigenvalue weighted by Gasteiger charge is -2.21. The topological polar surface area (TPSA) is 90.4 Å². The molecule has 0 aromatic rings. The minimum absolute atomic E-state index is 0.235. The van der Waals surface area contributed by atoms with E-state index in [1.54, 1.807) is 7.11 Å². The maximum absolute atomic E-state index is 11.2. The van der Waals surface area contributed by atoms with E-state index in [4.69, 9.17) is 16.3 Å². The zero-order chi connectivity index (χ0) is 11.2. The molecule has 0 radical (unpaired) electrons. The first kappa shape index (κ1) is 13.7. The normalized spacial score (nSPS) is 13.8. The molecule has 84 valence electrons. The molecule has 14 heavy (non-hydrogen) atoms. The van der Waals surface area contributed by atoms with Crippen molar-refractivity contribution in [1.82, 2.24) is 5.43 Å². The molecule has 0 aliphatic rings. The number of thioether (sulfide) groups is 1. The number of amides is 1. The van der Waals surface area contributed by atoms with E-state index in [0.29, 0.717) is 12.4 Å². The van der Waals surface area contributed by atoms with Crippen molar-refractivity contribution in [3.63, 3.8) is 0 Å². The first-order chi connectivity index (χ1) is 6.40. The van der Waals surface area contributed by atoms with Gasteiger partial charge < -0.3 is 10.5 Å². The van der Waals surface area contributed by atoms with Gasteiger partial charge in [-0.3, -0.25) is 10.2 Å². The molecule has 0 saturated carbocycles. The van der Waals surface area contributed by atoms with E-state index in [9.17, 15) is 4.79 Å². The molecule has 0 saturated heterocycles. The van der Waals surface area contributed by atoms with Gasteiger partial charge in [-0.05, 0) is 13.8 Å². The van der Waals surface area contributed by atoms with Crippen molar-refractivity contribution in [3.05, 3.63) is 0 Å². The minimum atomic E-state index is -0.300. The lowest BCUT2D eigenvalue weighted by Crippen LogP contribution is -2.42. The van der Waals surface area contributed by atoms with Gasteiger partial charge in [-0.15, -0.1) is 11.8 Å². The first-order valence-electron chi connectivity index (χ1n) is 4.30. The molecule has 0 bridgehead atoms. The van der Waals surface area contributed by atoms with Crippen LogP contribution >= 0.6 is 11.8 Å². The third-order valence-corrected chi connectivity index (χ3v) is 3.07. The monoisotopic (exact) mass is 221 g/mol. The van der Waals surface area contributed by atoms with Gasteiger partial charge in [-0.1, -0.05) is 0 Å². The molecular formula is C8H19N3O2S. The lowest BCUT2D eigenvalue weighted by molar-refractivity contribution is -0.121. The molecular weight excluding hydrogens is 202 g/mol. The van der Waals surface area contributed by atoms with E-state index in [-0.39, 0.29) is 16.7 Å². The van der Waals surface area contributed by atoms with Crippen LogP contribution in [0.1, 0.15) is 13.8 Å². The molecule has 0 aromatic carbocycles. The summed E-state index contributed by atoms with van der Waals surface area (Å²) >= 11 is 1.44. The number of ether oxygens (including phenoxy) is 1. The zero-order valence-electron chi connectivity index (χ0n) is 8.87. The predicted octanol–water partition coefficient (Wildman–Crippen LogP) is -0.538. The van der Waals surface area contributed by atoms with Gasteiger partial charge in [0.05, 0.1) is 6.61 Å². The van der Waals surface area contributed by atoms with Crippen molar-refractivity contribution in [3.8, 4) is 0 Å². The highest BCUT2D eigenvalue weighted by atomic mass is 32.2. The number of rotatable bonds is 6. The fourth-order valence-corrected chi connectivity index (χ4v) is 1.84. The molecule has 0 rings (SSSR count). The van der Waals surface area contributed by atoms with Gasteiger partial charge >= 0.3 is 0 Å². The standard InChI is InChI=1S/C8H19N3O2S/c1-8(2,9)5-14-6(4-13-3)7(12)11-10/h6H,4-5,9-10H2,1-3H3,(H,11,12). The van der Waals surface area contributed by atoms with E-state index >= 15 is 0 Å². The summed E-state index contributed by atoms with van der Waals surface area (Å²) < 4.78 is 4.91. The summed E-state index contributed by atoms with van der Waals surface area (Å²) in [5.74, 6) is 5.48. The molecule has 0 heterocycles. The van der Waals surface area contributed by atoms with Crippen molar-refractivity contribution in [2.45, 2.75) is 24.6 Å². The fraction of sp³-hybridized carbons (Fsp3) is 0.875. The Hall–Kier alpha value is -0.300. The molecule has 0 aliphatic heterocycles. The molecule has 1 atom stereocenters. The van der Waals surface area contributed by atoms with Gasteiger partial charge in [0.25, 0.3) is 0 Å². The van der Waals surface area contributed by atoms with Crippen LogP contribution in [0.25, 0.3) is 0 Å². The second-order valence-electron chi connectivity index (χ2n) is 3.75. The highest BCUT2D eigenvalue weighted by Gasteiger charge is 2.21. The summed E-state index contributed by atoms with van der Waals surface area (Å²) in [7, 11) is 1.55. The Bertz CT molecular complexity index is 182. The summed E-state index contributed by atoms with van der Waals surface area (Å²) in [5.41, 5.74) is 7.60. The molecule has 0 aromatic heterocycles. The van der Waals surface area contributed by atoms with Crippen molar-refractivity contribution >= 4 is 17.7 Å². The lowest BCUT2D eigenvalue weighted by atomic mass is 10.1. The van der Waals surface area contributed by atoms with Gasteiger partial charge in [0.1, 0.15) is 5.25 Å². The van der Waals surface area contributed by atoms with E-state index in [1.807, 2.05) is 13.8 Å². The van der Waals surface area contributed by atoms with Crippen molar-refractivity contribution in [1.29, 1.82) is 0 Å². The molecule has 1 amide bonds. The predicted molar refractivity (Wildman–Crippen MR) is 58.7 cm³/mol. The van der Waals surface area contributed by atoms with Gasteiger partial charge in [0, 0.05) is 18.4 Å². The number of carbonyl (C=O) groups excluding carboxylic acids is 1. The van der Waals surface area contributed by atoms with Crippen molar-refractivity contribution < 1.29 is 9.53 Å². The van der Waals surface area contributed by atoms with Crippen molar-refractivity contribution in [2.24, 2.45) is 11.6 Å². The maximum atomic E-state index is 11.2. The number of hydrogen-bond donors (Lipinski definition) is 3. The van der Waals surface area contributed by atoms with Crippen LogP contribution in [0.5, 0.6) is 0 Å². The van der Waals surface area contributed by atoms with Crippen LogP contribution in [-0.4, -0.2) is 36.2 Å². The van der Waals surface area contributed by atoms with E-state index in [1.165, 1.54) is 11.8 Å². The number of carbonyl (C=O) groups is 1. The molecule has 1 unspecified atom stereocenters. The number of nitrogens with two attached hydrogens (primary N) is 2. The fourth-order valence-electron chi connectivity index (χ4n) is 0.759. The largest absolute Gasteiger partial charge is 0.383 e. The molecule has 0 aliphatic carbocycles. The average Bonchev–Trinajstić information content (AvgIpc) is 2.09. The minimum Gasteiger partial charge on any atom is -0.383 e. The average molecular weight is 221 g/mol. The third-order valence-electron chi connectivity index (χ3n) is 1.41. The maximum Gasteiger partial charge on any atom is 0.249 e. The molecule has 5 N–H and O–H groups in total. The Morgan fingerprint density at radius 3 is 2.57 bits per heavy atom. The van der Waals surface area contributed by atoms with E-state index in [0.717, 1.165) is 0 Å². The molecule has 0 spiro atoms. The van der Waals surface area contributed by atoms with Gasteiger partial charge in [-0.2, -0.15) is 0 Å². The van der Waals surface area contributed by atoms with Crippen LogP contribution in [0.4, 0.5) is 0 Å². The van der Waals surface area contributed by atoms with Gasteiger partial charge in [-0.25, -0.2) is 5.84 Å². The van der Waals surface area contributed by atoms with Crippen molar-refractivity contribution in [2.75, 3.05) is 19.5 Å². The zero-order valence-corrected chi connectivity index (χ0v) is 9.69. The third kappa shape index (κ3) is 6.20. The van der Waals surface area contributed by atoms with Crippen LogP contribution in [0, 0.1) is 0 Å². The summed E-state index contributed by atoms with van der Waals surface area (Å²) in [6.07, 6.45) is 0. The Morgan fingerprint density at radius 1 is 1.64 bits per heavy atom. The smallest absolute Gasteiger partial charge is 0.249 e. The highest BCUT2D eigenvalue weighted by Crippen LogP contribution is 2.16. The van der Waals surface area contributed by atoms with Crippen LogP contribution in [0.2, 0.25) is 0 Å². The SMILES string of the molecule is COCC(SCC(C)(C)N)C(=O)NN. The summed E-state index contributed by atoms with van der Waals surface area (Å²) in [6, 6.07) is 0. The summed E-state index contributed by atoms with van der Waals surface area (Å²) in [4.78, 5) is 11.2. The van der Waals surface area contributed by atoms with Crippen LogP contribution in [0.3, 0.4) is 0 Å². The Kier molecular flexibility index (Phi) is 6.10. The Morgan fingerprint density at radius 2 is 2.21 bits per heavy atom.